The number of aryl methyl sites for hydroxylation is 1. The molecule has 0 saturated carbocycles. The summed E-state index contributed by atoms with van der Waals surface area (Å²) in [5.74, 6) is -1.49. The third-order valence-corrected chi connectivity index (χ3v) is 10.9. The van der Waals surface area contributed by atoms with E-state index in [1.807, 2.05) is 65.8 Å². The summed E-state index contributed by atoms with van der Waals surface area (Å²) in [5.41, 5.74) is 2.53. The van der Waals surface area contributed by atoms with Crippen LogP contribution in [-0.2, 0) is 39.8 Å². The van der Waals surface area contributed by atoms with E-state index in [0.717, 1.165) is 28.0 Å². The minimum Gasteiger partial charge on any atom is -0.457 e. The van der Waals surface area contributed by atoms with Gasteiger partial charge in [-0.3, -0.25) is 14.9 Å². The highest BCUT2D eigenvalue weighted by atomic mass is 16.7. The Labute approximate surface area is 298 Å². The average molecular weight is 698 g/mol. The van der Waals surface area contributed by atoms with Crippen LogP contribution in [0.1, 0.15) is 83.9 Å². The van der Waals surface area contributed by atoms with Crippen molar-refractivity contribution in [3.8, 4) is 0 Å². The Balaban J connectivity index is 1.76. The number of methoxy groups -OCH3 is 1. The van der Waals surface area contributed by atoms with Crippen molar-refractivity contribution in [2.24, 2.45) is 11.8 Å². The fourth-order valence-corrected chi connectivity index (χ4v) is 7.40. The lowest BCUT2D eigenvalue weighted by Gasteiger charge is -2.43. The summed E-state index contributed by atoms with van der Waals surface area (Å²) in [6, 6.07) is 3.36. The molecule has 1 aromatic carbocycles. The molecule has 8 unspecified atom stereocenters. The number of nitrogens with zero attached hydrogens (tertiary/aromatic N) is 2. The van der Waals surface area contributed by atoms with Crippen molar-refractivity contribution in [1.82, 2.24) is 10.2 Å². The van der Waals surface area contributed by atoms with Gasteiger partial charge >= 0.3 is 5.97 Å². The van der Waals surface area contributed by atoms with E-state index in [-0.39, 0.29) is 43.2 Å². The zero-order chi connectivity index (χ0) is 37.1. The number of fused-ring (bicyclic) bond motifs is 5. The molecule has 0 aliphatic carbocycles. The van der Waals surface area contributed by atoms with Crippen LogP contribution in [0.5, 0.6) is 0 Å². The van der Waals surface area contributed by atoms with E-state index in [1.165, 1.54) is 4.90 Å². The molecule has 11 heteroatoms. The molecule has 1 aromatic rings. The normalized spacial score (nSPS) is 31.1. The molecule has 3 aliphatic rings. The molecule has 0 aromatic heterocycles. The van der Waals surface area contributed by atoms with Gasteiger partial charge in [0.2, 0.25) is 11.8 Å². The highest BCUT2D eigenvalue weighted by molar-refractivity contribution is 5.94. The SMILES string of the molecule is CCCC(C(=O)OC1CC(=O)N(C)c2cc(cc(C)c2C)CC(C)=CC=CC(OC)C2(O)CC(OCN2)C(C)C2OC12C)N(C)C(=O)C(C)C. The minimum absolute atomic E-state index is 0.0996. The van der Waals surface area contributed by atoms with Crippen LogP contribution in [0.2, 0.25) is 0 Å². The van der Waals surface area contributed by atoms with Crippen molar-refractivity contribution < 1.29 is 38.4 Å². The Hall–Kier alpha value is -3.09. The number of hydrogen-bond acceptors (Lipinski definition) is 9. The molecule has 2 amide bonds. The summed E-state index contributed by atoms with van der Waals surface area (Å²) in [7, 11) is 4.94. The van der Waals surface area contributed by atoms with Gasteiger partial charge in [0.25, 0.3) is 0 Å². The summed E-state index contributed by atoms with van der Waals surface area (Å²) in [5, 5.41) is 14.9. The summed E-state index contributed by atoms with van der Waals surface area (Å²) in [6.45, 7) is 15.6. The number of carbonyl (C=O) groups is 3. The van der Waals surface area contributed by atoms with Crippen LogP contribution in [0, 0.1) is 25.7 Å². The van der Waals surface area contributed by atoms with E-state index in [4.69, 9.17) is 18.9 Å². The highest BCUT2D eigenvalue weighted by Crippen LogP contribution is 2.49. The van der Waals surface area contributed by atoms with Gasteiger partial charge < -0.3 is 33.9 Å². The van der Waals surface area contributed by atoms with Crippen molar-refractivity contribution in [2.45, 2.75) is 129 Å². The molecule has 50 heavy (non-hydrogen) atoms. The molecule has 2 saturated heterocycles. The first kappa shape index (κ1) is 39.7. The van der Waals surface area contributed by atoms with Crippen molar-refractivity contribution in [2.75, 3.05) is 32.8 Å². The number of aliphatic hydroxyl groups is 1. The van der Waals surface area contributed by atoms with Crippen LogP contribution < -0.4 is 10.2 Å². The van der Waals surface area contributed by atoms with Gasteiger partial charge in [0.15, 0.2) is 0 Å². The Morgan fingerprint density at radius 1 is 1.22 bits per heavy atom. The van der Waals surface area contributed by atoms with E-state index >= 15 is 0 Å². The molecule has 3 heterocycles. The Morgan fingerprint density at radius 2 is 1.92 bits per heavy atom. The fraction of sp³-hybridized carbons (Fsp3) is 0.667. The Morgan fingerprint density at radius 3 is 2.56 bits per heavy atom. The zero-order valence-corrected chi connectivity index (χ0v) is 31.9. The largest absolute Gasteiger partial charge is 0.457 e. The number of benzene rings is 1. The first-order valence-corrected chi connectivity index (χ1v) is 17.9. The number of anilines is 1. The third-order valence-electron chi connectivity index (χ3n) is 10.9. The van der Waals surface area contributed by atoms with Crippen LogP contribution in [0.15, 0.2) is 35.9 Å². The lowest BCUT2D eigenvalue weighted by Crippen LogP contribution is -2.61. The van der Waals surface area contributed by atoms with E-state index in [0.29, 0.717) is 19.3 Å². The van der Waals surface area contributed by atoms with Gasteiger partial charge in [-0.05, 0) is 63.3 Å². The summed E-state index contributed by atoms with van der Waals surface area (Å²) in [6.07, 6.45) is 5.09. The number of ether oxygens (including phenoxy) is 4. The number of carbonyl (C=O) groups excluding carboxylic acids is 3. The summed E-state index contributed by atoms with van der Waals surface area (Å²) in [4.78, 5) is 44.2. The monoisotopic (exact) mass is 697 g/mol. The van der Waals surface area contributed by atoms with Crippen LogP contribution in [0.25, 0.3) is 0 Å². The molecule has 8 atom stereocenters. The quantitative estimate of drug-likeness (QED) is 0.307. The molecule has 2 fully saturated rings. The smallest absolute Gasteiger partial charge is 0.329 e. The topological polar surface area (TPSA) is 130 Å². The predicted molar refractivity (Wildman–Crippen MR) is 192 cm³/mol. The van der Waals surface area contributed by atoms with Gasteiger partial charge in [0.1, 0.15) is 29.6 Å². The number of rotatable bonds is 7. The van der Waals surface area contributed by atoms with Crippen LogP contribution in [0.3, 0.4) is 0 Å². The second-order valence-corrected chi connectivity index (χ2v) is 15.0. The van der Waals surface area contributed by atoms with E-state index < -0.39 is 47.8 Å². The molecule has 2 N–H and O–H groups in total. The zero-order valence-electron chi connectivity index (χ0n) is 31.9. The van der Waals surface area contributed by atoms with Crippen LogP contribution in [0.4, 0.5) is 5.69 Å². The number of nitrogens with one attached hydrogen (secondary N) is 1. The molecule has 0 radical (unpaired) electrons. The Bertz CT molecular complexity index is 1480. The van der Waals surface area contributed by atoms with Gasteiger partial charge in [-0.15, -0.1) is 0 Å². The van der Waals surface area contributed by atoms with E-state index in [2.05, 4.69) is 11.4 Å². The fourth-order valence-electron chi connectivity index (χ4n) is 7.40. The molecule has 4 rings (SSSR count). The lowest BCUT2D eigenvalue weighted by molar-refractivity contribution is -0.184. The van der Waals surface area contributed by atoms with Gasteiger partial charge in [0, 0.05) is 45.1 Å². The number of likely N-dealkylation sites (N-methyl/N-ethyl adjacent to an activating group) is 1. The molecular formula is C39H59N3O8. The van der Waals surface area contributed by atoms with Crippen LogP contribution in [-0.4, -0.2) is 97.5 Å². The van der Waals surface area contributed by atoms with Crippen molar-refractivity contribution in [3.05, 3.63) is 52.6 Å². The van der Waals surface area contributed by atoms with Gasteiger partial charge in [-0.2, -0.15) is 0 Å². The van der Waals surface area contributed by atoms with Crippen LogP contribution >= 0.6 is 0 Å². The lowest BCUT2D eigenvalue weighted by atomic mass is 9.83. The van der Waals surface area contributed by atoms with Gasteiger partial charge in [0.05, 0.1) is 25.4 Å². The maximum Gasteiger partial charge on any atom is 0.329 e. The third kappa shape index (κ3) is 8.50. The number of allylic oxidation sites excluding steroid dienone is 3. The molecular weight excluding hydrogens is 638 g/mol. The first-order valence-electron chi connectivity index (χ1n) is 17.9. The molecule has 11 nitrogen and oxygen atoms in total. The maximum absolute atomic E-state index is 14.2. The predicted octanol–water partition coefficient (Wildman–Crippen LogP) is 4.74. The summed E-state index contributed by atoms with van der Waals surface area (Å²) < 4.78 is 24.6. The molecule has 3 aliphatic heterocycles. The number of esters is 1. The van der Waals surface area contributed by atoms with E-state index in [9.17, 15) is 19.5 Å². The van der Waals surface area contributed by atoms with Crippen molar-refractivity contribution in [3.63, 3.8) is 0 Å². The average Bonchev–Trinajstić information content (AvgIpc) is 3.76. The highest BCUT2D eigenvalue weighted by Gasteiger charge is 2.64. The molecule has 278 valence electrons. The summed E-state index contributed by atoms with van der Waals surface area (Å²) >= 11 is 0. The number of epoxide rings is 1. The second kappa shape index (κ2) is 16.1. The minimum atomic E-state index is -1.41. The second-order valence-electron chi connectivity index (χ2n) is 15.0. The van der Waals surface area contributed by atoms with E-state index in [1.54, 1.807) is 40.0 Å². The number of amides is 2. The standard InChI is InChI=1S/C39H59N3O8/c1-12-14-29(42(10)36(44)23(2)3)37(45)49-33-20-34(43)41(9)30-19-28(18-25(5)26(30)6)17-24(4)15-13-16-32(47-11)39(46)21-31(48-22-40-39)27(7)35-38(33,8)50-35/h13,15-16,18-19,23,27,29,31-33,35,40,46H,12,14,17,20-22H2,1-11H3. The Kier molecular flexibility index (Phi) is 12.8. The van der Waals surface area contributed by atoms with Gasteiger partial charge in [-0.1, -0.05) is 64.0 Å². The first-order chi connectivity index (χ1) is 23.5. The van der Waals surface area contributed by atoms with Gasteiger partial charge in [-0.25, -0.2) is 4.79 Å². The van der Waals surface area contributed by atoms with Crippen molar-refractivity contribution in [1.29, 1.82) is 0 Å². The van der Waals surface area contributed by atoms with Crippen molar-refractivity contribution >= 4 is 23.5 Å². The molecule has 4 bridgehead atoms. The molecule has 0 spiro atoms. The maximum atomic E-state index is 14.2. The number of hydrogen-bond donors (Lipinski definition) is 2.